The van der Waals surface area contributed by atoms with Gasteiger partial charge in [-0.05, 0) is 18.6 Å². The summed E-state index contributed by atoms with van der Waals surface area (Å²) in [5.41, 5.74) is 0.694. The number of ether oxygens (including phenoxy) is 1. The van der Waals surface area contributed by atoms with E-state index in [4.69, 9.17) is 4.74 Å². The number of H-pyrrole nitrogens is 2. The van der Waals surface area contributed by atoms with Gasteiger partial charge in [-0.25, -0.2) is 0 Å². The minimum atomic E-state index is -0.0925. The molecule has 15 heavy (non-hydrogen) atoms. The smallest absolute Gasteiger partial charge is 0.271 e. The van der Waals surface area contributed by atoms with Crippen LogP contribution in [0.5, 0.6) is 5.75 Å². The quantitative estimate of drug-likeness (QED) is 0.752. The monoisotopic (exact) mass is 206 g/mol. The van der Waals surface area contributed by atoms with E-state index in [-0.39, 0.29) is 5.56 Å². The van der Waals surface area contributed by atoms with Crippen LogP contribution in [0.2, 0.25) is 0 Å². The molecule has 0 aliphatic carbocycles. The maximum Gasteiger partial charge on any atom is 0.271 e. The molecular formula is C11H14N2O2. The molecule has 0 aliphatic heterocycles. The first kappa shape index (κ1) is 9.83. The molecule has 1 aromatic carbocycles. The Morgan fingerprint density at radius 1 is 1.33 bits per heavy atom. The number of aromatic nitrogens is 2. The summed E-state index contributed by atoms with van der Waals surface area (Å²) >= 11 is 0. The molecule has 0 amide bonds. The Morgan fingerprint density at radius 3 is 3.00 bits per heavy atom. The number of hydrogen-bond donors (Lipinski definition) is 2. The minimum absolute atomic E-state index is 0.0925. The van der Waals surface area contributed by atoms with Crippen molar-refractivity contribution < 1.29 is 4.74 Å². The first-order valence-corrected chi connectivity index (χ1v) is 5.14. The number of aromatic amines is 2. The zero-order valence-electron chi connectivity index (χ0n) is 8.67. The Morgan fingerprint density at radius 2 is 2.20 bits per heavy atom. The van der Waals surface area contributed by atoms with Crippen molar-refractivity contribution in [3.05, 3.63) is 28.6 Å². The molecule has 0 radical (unpaired) electrons. The van der Waals surface area contributed by atoms with Crippen molar-refractivity contribution in [2.45, 2.75) is 19.8 Å². The average molecular weight is 206 g/mol. The third-order valence-electron chi connectivity index (χ3n) is 2.31. The summed E-state index contributed by atoms with van der Waals surface area (Å²) in [4.78, 5) is 11.2. The first-order chi connectivity index (χ1) is 7.31. The number of nitrogens with one attached hydrogen (secondary N) is 2. The van der Waals surface area contributed by atoms with Crippen molar-refractivity contribution in [2.24, 2.45) is 0 Å². The normalized spacial score (nSPS) is 10.7. The van der Waals surface area contributed by atoms with Gasteiger partial charge in [0.05, 0.1) is 17.5 Å². The molecule has 0 saturated heterocycles. The highest BCUT2D eigenvalue weighted by Crippen LogP contribution is 2.16. The van der Waals surface area contributed by atoms with Gasteiger partial charge in [0.2, 0.25) is 0 Å². The zero-order valence-corrected chi connectivity index (χ0v) is 8.67. The summed E-state index contributed by atoms with van der Waals surface area (Å²) in [6, 6.07) is 5.43. The van der Waals surface area contributed by atoms with E-state index in [0.29, 0.717) is 5.39 Å². The lowest BCUT2D eigenvalue weighted by Crippen LogP contribution is -1.98. The Labute approximate surface area is 87.2 Å². The molecule has 0 spiro atoms. The fraction of sp³-hybridized carbons (Fsp3) is 0.364. The van der Waals surface area contributed by atoms with Gasteiger partial charge >= 0.3 is 0 Å². The molecule has 0 bridgehead atoms. The fourth-order valence-corrected chi connectivity index (χ4v) is 1.44. The van der Waals surface area contributed by atoms with Crippen LogP contribution in [0.1, 0.15) is 19.8 Å². The molecule has 0 saturated carbocycles. The summed E-state index contributed by atoms with van der Waals surface area (Å²) in [6.07, 6.45) is 2.16. The summed E-state index contributed by atoms with van der Waals surface area (Å²) in [5.74, 6) is 0.797. The molecule has 80 valence electrons. The van der Waals surface area contributed by atoms with Crippen LogP contribution >= 0.6 is 0 Å². The van der Waals surface area contributed by atoms with E-state index in [0.717, 1.165) is 30.7 Å². The van der Waals surface area contributed by atoms with Gasteiger partial charge in [0.1, 0.15) is 5.75 Å². The van der Waals surface area contributed by atoms with Crippen molar-refractivity contribution in [1.29, 1.82) is 0 Å². The molecule has 2 N–H and O–H groups in total. The SMILES string of the molecule is CCCCOc1ccc2c(=O)[nH][nH]c2c1. The predicted octanol–water partition coefficient (Wildman–Crippen LogP) is 2.04. The van der Waals surface area contributed by atoms with Crippen LogP contribution < -0.4 is 10.3 Å². The standard InChI is InChI=1S/C11H14N2O2/c1-2-3-6-15-8-4-5-9-10(7-8)12-13-11(9)14/h4-5,7H,2-3,6H2,1H3,(H2,12,13,14). The van der Waals surface area contributed by atoms with E-state index in [1.54, 1.807) is 6.07 Å². The zero-order chi connectivity index (χ0) is 10.7. The Hall–Kier alpha value is -1.71. The van der Waals surface area contributed by atoms with Crippen LogP contribution in [0.25, 0.3) is 10.9 Å². The molecule has 0 fully saturated rings. The summed E-state index contributed by atoms with van der Waals surface area (Å²) in [5, 5.41) is 6.00. The number of rotatable bonds is 4. The number of hydrogen-bond acceptors (Lipinski definition) is 2. The van der Waals surface area contributed by atoms with Crippen LogP contribution in [0.15, 0.2) is 23.0 Å². The van der Waals surface area contributed by atoms with Crippen molar-refractivity contribution >= 4 is 10.9 Å². The van der Waals surface area contributed by atoms with Crippen LogP contribution in [-0.2, 0) is 0 Å². The molecule has 4 heteroatoms. The van der Waals surface area contributed by atoms with Gasteiger partial charge in [-0.15, -0.1) is 0 Å². The van der Waals surface area contributed by atoms with Gasteiger partial charge in [0.15, 0.2) is 0 Å². The minimum Gasteiger partial charge on any atom is -0.494 e. The largest absolute Gasteiger partial charge is 0.494 e. The van der Waals surface area contributed by atoms with Crippen LogP contribution in [0, 0.1) is 0 Å². The maximum absolute atomic E-state index is 11.2. The molecule has 4 nitrogen and oxygen atoms in total. The number of unbranched alkanes of at least 4 members (excludes halogenated alkanes) is 1. The highest BCUT2D eigenvalue weighted by atomic mass is 16.5. The molecule has 0 unspecified atom stereocenters. The Balaban J connectivity index is 2.20. The second kappa shape index (κ2) is 4.21. The van der Waals surface area contributed by atoms with Crippen molar-refractivity contribution in [2.75, 3.05) is 6.61 Å². The van der Waals surface area contributed by atoms with E-state index in [2.05, 4.69) is 17.1 Å². The molecule has 2 aromatic rings. The summed E-state index contributed by atoms with van der Waals surface area (Å²) in [7, 11) is 0. The van der Waals surface area contributed by atoms with Crippen molar-refractivity contribution in [3.63, 3.8) is 0 Å². The first-order valence-electron chi connectivity index (χ1n) is 5.14. The van der Waals surface area contributed by atoms with Gasteiger partial charge in [-0.1, -0.05) is 13.3 Å². The maximum atomic E-state index is 11.2. The van der Waals surface area contributed by atoms with Gasteiger partial charge in [-0.2, -0.15) is 0 Å². The van der Waals surface area contributed by atoms with E-state index in [9.17, 15) is 4.79 Å². The molecule has 1 aromatic heterocycles. The number of fused-ring (bicyclic) bond motifs is 1. The van der Waals surface area contributed by atoms with E-state index >= 15 is 0 Å². The van der Waals surface area contributed by atoms with Crippen LogP contribution in [0.3, 0.4) is 0 Å². The topological polar surface area (TPSA) is 57.9 Å². The molecule has 1 heterocycles. The summed E-state index contributed by atoms with van der Waals surface area (Å²) in [6.45, 7) is 2.84. The predicted molar refractivity (Wildman–Crippen MR) is 59.3 cm³/mol. The third kappa shape index (κ3) is 2.03. The van der Waals surface area contributed by atoms with E-state index < -0.39 is 0 Å². The van der Waals surface area contributed by atoms with Crippen molar-refractivity contribution in [1.82, 2.24) is 10.2 Å². The van der Waals surface area contributed by atoms with Gasteiger partial charge < -0.3 is 4.74 Å². The highest BCUT2D eigenvalue weighted by Gasteiger charge is 2.01. The molecule has 0 atom stereocenters. The van der Waals surface area contributed by atoms with Gasteiger partial charge in [0.25, 0.3) is 5.56 Å². The Bertz CT molecular complexity index is 499. The van der Waals surface area contributed by atoms with Gasteiger partial charge in [-0.3, -0.25) is 15.0 Å². The lowest BCUT2D eigenvalue weighted by molar-refractivity contribution is 0.310. The molecule has 0 aliphatic rings. The second-order valence-electron chi connectivity index (χ2n) is 3.49. The fourth-order valence-electron chi connectivity index (χ4n) is 1.44. The lowest BCUT2D eigenvalue weighted by atomic mass is 10.2. The average Bonchev–Trinajstić information content (AvgIpc) is 2.61. The van der Waals surface area contributed by atoms with Crippen molar-refractivity contribution in [3.8, 4) is 5.75 Å². The third-order valence-corrected chi connectivity index (χ3v) is 2.31. The Kier molecular flexibility index (Phi) is 2.76. The summed E-state index contributed by atoms with van der Waals surface area (Å²) < 4.78 is 5.53. The van der Waals surface area contributed by atoms with Gasteiger partial charge in [0, 0.05) is 6.07 Å². The highest BCUT2D eigenvalue weighted by molar-refractivity contribution is 5.79. The molecule has 2 rings (SSSR count). The van der Waals surface area contributed by atoms with Crippen LogP contribution in [0.4, 0.5) is 0 Å². The van der Waals surface area contributed by atoms with Crippen LogP contribution in [-0.4, -0.2) is 16.8 Å². The molecular weight excluding hydrogens is 192 g/mol. The second-order valence-corrected chi connectivity index (χ2v) is 3.49. The van der Waals surface area contributed by atoms with E-state index in [1.165, 1.54) is 0 Å². The van der Waals surface area contributed by atoms with E-state index in [1.807, 2.05) is 12.1 Å². The number of benzene rings is 1. The lowest BCUT2D eigenvalue weighted by Gasteiger charge is -2.04.